The van der Waals surface area contributed by atoms with E-state index in [0.717, 1.165) is 22.3 Å². The molecule has 0 unspecified atom stereocenters. The number of nitrogens with one attached hydrogen (secondary N) is 1. The monoisotopic (exact) mass is 357 g/mol. The van der Waals surface area contributed by atoms with Crippen LogP contribution in [0.25, 0.3) is 22.3 Å². The van der Waals surface area contributed by atoms with Crippen molar-refractivity contribution in [2.24, 2.45) is 0 Å². The van der Waals surface area contributed by atoms with E-state index in [1.165, 1.54) is 13.2 Å². The molecule has 1 aromatic heterocycles. The second kappa shape index (κ2) is 7.39. The second-order valence-electron chi connectivity index (χ2n) is 5.55. The fraction of sp³-hybridized carbons (Fsp3) is 0.200. The molecule has 2 aromatic carbocycles. The molecule has 26 heavy (non-hydrogen) atoms. The Kier molecular flexibility index (Phi) is 5.02. The van der Waals surface area contributed by atoms with Crippen LogP contribution in [-0.2, 0) is 0 Å². The van der Waals surface area contributed by atoms with Gasteiger partial charge in [0.1, 0.15) is 0 Å². The Hall–Kier alpha value is -3.15. The lowest BCUT2D eigenvalue weighted by Crippen LogP contribution is -1.96. The van der Waals surface area contributed by atoms with Crippen LogP contribution < -0.4 is 18.9 Å². The highest BCUT2D eigenvalue weighted by Gasteiger charge is 2.17. The summed E-state index contributed by atoms with van der Waals surface area (Å²) in [6.07, 6.45) is 3.66. The van der Waals surface area contributed by atoms with Gasteiger partial charge in [-0.3, -0.25) is 0 Å². The molecule has 1 N–H and O–H groups in total. The van der Waals surface area contributed by atoms with Gasteiger partial charge in [-0.15, -0.1) is 0 Å². The molecule has 0 saturated carbocycles. The maximum atomic E-state index is 14.1. The lowest BCUT2D eigenvalue weighted by atomic mass is 9.98. The summed E-state index contributed by atoms with van der Waals surface area (Å²) in [5, 5.41) is 0. The van der Waals surface area contributed by atoms with E-state index in [4.69, 9.17) is 18.9 Å². The van der Waals surface area contributed by atoms with Gasteiger partial charge in [-0.2, -0.15) is 0 Å². The predicted molar refractivity (Wildman–Crippen MR) is 97.8 cm³/mol. The fourth-order valence-corrected chi connectivity index (χ4v) is 2.91. The first-order valence-electron chi connectivity index (χ1n) is 7.94. The molecule has 136 valence electrons. The zero-order chi connectivity index (χ0) is 18.7. The maximum Gasteiger partial charge on any atom is 0.203 e. The topological polar surface area (TPSA) is 52.7 Å². The zero-order valence-corrected chi connectivity index (χ0v) is 15.1. The van der Waals surface area contributed by atoms with Crippen molar-refractivity contribution in [3.8, 4) is 45.3 Å². The van der Waals surface area contributed by atoms with Gasteiger partial charge in [-0.1, -0.05) is 6.07 Å². The highest BCUT2D eigenvalue weighted by atomic mass is 19.1. The van der Waals surface area contributed by atoms with Gasteiger partial charge >= 0.3 is 0 Å². The number of ether oxygens (including phenoxy) is 4. The molecule has 6 heteroatoms. The van der Waals surface area contributed by atoms with E-state index in [0.29, 0.717) is 17.2 Å². The van der Waals surface area contributed by atoms with Crippen LogP contribution in [0.15, 0.2) is 42.7 Å². The number of hydrogen-bond acceptors (Lipinski definition) is 4. The molecule has 3 aromatic rings. The predicted octanol–water partition coefficient (Wildman–Crippen LogP) is 4.52. The summed E-state index contributed by atoms with van der Waals surface area (Å²) in [6, 6.07) is 8.58. The Morgan fingerprint density at radius 1 is 0.692 bits per heavy atom. The number of halogens is 1. The smallest absolute Gasteiger partial charge is 0.203 e. The molecule has 5 nitrogen and oxygen atoms in total. The van der Waals surface area contributed by atoms with Gasteiger partial charge in [0.2, 0.25) is 5.75 Å². The third-order valence-corrected chi connectivity index (χ3v) is 4.18. The molecule has 0 fully saturated rings. The Balaban J connectivity index is 2.13. The SMILES string of the molecule is COc1ccc(-c2c[nH]cc2-c2cc(OC)c(OC)c(OC)c2)cc1F. The summed E-state index contributed by atoms with van der Waals surface area (Å²) in [5.74, 6) is 1.41. The molecule has 0 saturated heterocycles. The van der Waals surface area contributed by atoms with Crippen LogP contribution in [0.3, 0.4) is 0 Å². The van der Waals surface area contributed by atoms with Crippen molar-refractivity contribution in [1.82, 2.24) is 4.98 Å². The number of hydrogen-bond donors (Lipinski definition) is 1. The van der Waals surface area contributed by atoms with Crippen LogP contribution >= 0.6 is 0 Å². The van der Waals surface area contributed by atoms with Crippen LogP contribution in [0.5, 0.6) is 23.0 Å². The first kappa shape index (κ1) is 17.7. The Bertz CT molecular complexity index is 895. The lowest BCUT2D eigenvalue weighted by Gasteiger charge is -2.14. The van der Waals surface area contributed by atoms with Crippen LogP contribution in [0, 0.1) is 5.82 Å². The number of aromatic amines is 1. The van der Waals surface area contributed by atoms with E-state index < -0.39 is 5.82 Å². The molecule has 0 aliphatic rings. The van der Waals surface area contributed by atoms with Crippen molar-refractivity contribution in [1.29, 1.82) is 0 Å². The molecule has 0 amide bonds. The van der Waals surface area contributed by atoms with Gasteiger partial charge in [0.15, 0.2) is 23.1 Å². The largest absolute Gasteiger partial charge is 0.494 e. The van der Waals surface area contributed by atoms with Crippen molar-refractivity contribution >= 4 is 0 Å². The third kappa shape index (κ3) is 3.06. The standard InChI is InChI=1S/C20H20FNO4/c1-23-17-6-5-12(7-16(17)21)14-10-22-11-15(14)13-8-18(24-2)20(26-4)19(9-13)25-3/h5-11,22H,1-4H3. The minimum absolute atomic E-state index is 0.207. The number of methoxy groups -OCH3 is 4. The molecule has 0 aliphatic carbocycles. The fourth-order valence-electron chi connectivity index (χ4n) is 2.91. The summed E-state index contributed by atoms with van der Waals surface area (Å²) in [7, 11) is 6.13. The van der Waals surface area contributed by atoms with E-state index in [1.54, 1.807) is 27.4 Å². The highest BCUT2D eigenvalue weighted by Crippen LogP contribution is 2.43. The molecule has 1 heterocycles. The van der Waals surface area contributed by atoms with Crippen molar-refractivity contribution in [3.05, 3.63) is 48.5 Å². The average molecular weight is 357 g/mol. The summed E-state index contributed by atoms with van der Waals surface area (Å²) in [6.45, 7) is 0. The van der Waals surface area contributed by atoms with E-state index in [1.807, 2.05) is 30.6 Å². The Labute approximate surface area is 151 Å². The van der Waals surface area contributed by atoms with Gasteiger partial charge < -0.3 is 23.9 Å². The normalized spacial score (nSPS) is 10.5. The number of benzene rings is 2. The van der Waals surface area contributed by atoms with Gasteiger partial charge in [-0.05, 0) is 35.4 Å². The van der Waals surface area contributed by atoms with Crippen molar-refractivity contribution in [2.45, 2.75) is 0 Å². The minimum atomic E-state index is -0.415. The first-order chi connectivity index (χ1) is 12.6. The number of aromatic nitrogens is 1. The average Bonchev–Trinajstić information content (AvgIpc) is 3.16. The molecular formula is C20H20FNO4. The molecular weight excluding hydrogens is 337 g/mol. The van der Waals surface area contributed by atoms with Crippen molar-refractivity contribution < 1.29 is 23.3 Å². The molecule has 0 atom stereocenters. The van der Waals surface area contributed by atoms with Crippen LogP contribution in [0.2, 0.25) is 0 Å². The zero-order valence-electron chi connectivity index (χ0n) is 15.1. The second-order valence-corrected chi connectivity index (χ2v) is 5.55. The Morgan fingerprint density at radius 3 is 1.77 bits per heavy atom. The third-order valence-electron chi connectivity index (χ3n) is 4.18. The van der Waals surface area contributed by atoms with Crippen LogP contribution in [0.1, 0.15) is 0 Å². The van der Waals surface area contributed by atoms with Crippen LogP contribution in [-0.4, -0.2) is 33.4 Å². The van der Waals surface area contributed by atoms with Gasteiger partial charge in [0.05, 0.1) is 28.4 Å². The molecule has 0 aliphatic heterocycles. The summed E-state index contributed by atoms with van der Waals surface area (Å²) in [5.41, 5.74) is 3.31. The van der Waals surface area contributed by atoms with Gasteiger partial charge in [0.25, 0.3) is 0 Å². The quantitative estimate of drug-likeness (QED) is 0.705. The highest BCUT2D eigenvalue weighted by molar-refractivity contribution is 5.85. The molecule has 0 spiro atoms. The van der Waals surface area contributed by atoms with Gasteiger partial charge in [-0.25, -0.2) is 4.39 Å². The number of H-pyrrole nitrogens is 1. The van der Waals surface area contributed by atoms with E-state index in [-0.39, 0.29) is 5.75 Å². The maximum absolute atomic E-state index is 14.1. The first-order valence-corrected chi connectivity index (χ1v) is 7.94. The van der Waals surface area contributed by atoms with Crippen molar-refractivity contribution in [2.75, 3.05) is 28.4 Å². The molecule has 0 radical (unpaired) electrons. The minimum Gasteiger partial charge on any atom is -0.494 e. The summed E-state index contributed by atoms with van der Waals surface area (Å²) < 4.78 is 35.3. The Morgan fingerprint density at radius 2 is 1.27 bits per heavy atom. The summed E-state index contributed by atoms with van der Waals surface area (Å²) in [4.78, 5) is 3.08. The van der Waals surface area contributed by atoms with E-state index in [9.17, 15) is 4.39 Å². The van der Waals surface area contributed by atoms with Crippen LogP contribution in [0.4, 0.5) is 4.39 Å². The molecule has 3 rings (SSSR count). The van der Waals surface area contributed by atoms with Crippen molar-refractivity contribution in [3.63, 3.8) is 0 Å². The van der Waals surface area contributed by atoms with E-state index in [2.05, 4.69) is 4.98 Å². The van der Waals surface area contributed by atoms with Gasteiger partial charge in [0, 0.05) is 23.5 Å². The number of rotatable bonds is 6. The lowest BCUT2D eigenvalue weighted by molar-refractivity contribution is 0.324. The summed E-state index contributed by atoms with van der Waals surface area (Å²) >= 11 is 0. The van der Waals surface area contributed by atoms with E-state index >= 15 is 0 Å². The molecule has 0 bridgehead atoms.